The molecule has 0 bridgehead atoms. The van der Waals surface area contributed by atoms with Gasteiger partial charge in [-0.2, -0.15) is 5.10 Å². The maximum Gasteiger partial charge on any atom is 0.261 e. The van der Waals surface area contributed by atoms with Gasteiger partial charge in [0, 0.05) is 24.7 Å². The van der Waals surface area contributed by atoms with Crippen molar-refractivity contribution in [1.29, 1.82) is 0 Å². The minimum atomic E-state index is -0.102. The molecular formula is C14H18N4O2S. The molecular weight excluding hydrogens is 288 g/mol. The molecule has 0 saturated heterocycles. The third-order valence-electron chi connectivity index (χ3n) is 2.89. The monoisotopic (exact) mass is 306 g/mol. The fraction of sp³-hybridized carbons (Fsp3) is 0.357. The summed E-state index contributed by atoms with van der Waals surface area (Å²) in [6.45, 7) is 2.49. The number of nitrogens with one attached hydrogen (secondary N) is 3. The molecule has 2 heterocycles. The molecule has 0 spiro atoms. The van der Waals surface area contributed by atoms with Gasteiger partial charge in [0.05, 0.1) is 4.88 Å². The Hall–Kier alpha value is -2.15. The number of H-pyrrole nitrogens is 1. The molecule has 2 aromatic heterocycles. The molecule has 2 rings (SSSR count). The summed E-state index contributed by atoms with van der Waals surface area (Å²) in [5, 5.41) is 14.2. The second-order valence-corrected chi connectivity index (χ2v) is 5.46. The van der Waals surface area contributed by atoms with Crippen molar-refractivity contribution in [2.45, 2.75) is 26.2 Å². The summed E-state index contributed by atoms with van der Waals surface area (Å²) >= 11 is 1.40. The second kappa shape index (κ2) is 7.58. The molecule has 0 saturated carbocycles. The van der Waals surface area contributed by atoms with Crippen molar-refractivity contribution in [3.63, 3.8) is 0 Å². The second-order valence-electron chi connectivity index (χ2n) is 4.52. The van der Waals surface area contributed by atoms with Crippen LogP contribution in [0.5, 0.6) is 0 Å². The lowest BCUT2D eigenvalue weighted by molar-refractivity contribution is -0.116. The number of thiophene rings is 1. The zero-order valence-electron chi connectivity index (χ0n) is 11.8. The highest BCUT2D eigenvalue weighted by Crippen LogP contribution is 2.08. The normalized spacial score (nSPS) is 10.3. The fourth-order valence-electron chi connectivity index (χ4n) is 1.76. The van der Waals surface area contributed by atoms with Crippen LogP contribution < -0.4 is 10.6 Å². The topological polar surface area (TPSA) is 86.9 Å². The Labute approximate surface area is 127 Å². The molecule has 0 aliphatic carbocycles. The Morgan fingerprint density at radius 2 is 2.29 bits per heavy atom. The molecule has 2 aromatic rings. The lowest BCUT2D eigenvalue weighted by Crippen LogP contribution is -2.24. The standard InChI is InChI=1S/C14H18N4O2S/c1-2-10-9-12(18-17-10)16-13(19)6-3-7-15-14(20)11-5-4-8-21-11/h4-5,8-9H,2-3,6-7H2,1H3,(H,15,20)(H2,16,17,18,19). The summed E-state index contributed by atoms with van der Waals surface area (Å²) in [7, 11) is 0. The van der Waals surface area contributed by atoms with Crippen LogP contribution in [-0.2, 0) is 11.2 Å². The summed E-state index contributed by atoms with van der Waals surface area (Å²) < 4.78 is 0. The number of hydrogen-bond acceptors (Lipinski definition) is 4. The fourth-order valence-corrected chi connectivity index (χ4v) is 2.40. The summed E-state index contributed by atoms with van der Waals surface area (Å²) in [5.74, 6) is 0.347. The van der Waals surface area contributed by atoms with Gasteiger partial charge >= 0.3 is 0 Å². The van der Waals surface area contributed by atoms with Crippen molar-refractivity contribution in [2.75, 3.05) is 11.9 Å². The summed E-state index contributed by atoms with van der Waals surface area (Å²) in [6.07, 6.45) is 1.78. The van der Waals surface area contributed by atoms with E-state index in [1.54, 1.807) is 6.07 Å². The summed E-state index contributed by atoms with van der Waals surface area (Å²) in [4.78, 5) is 24.1. The van der Waals surface area contributed by atoms with Crippen LogP contribution in [0, 0.1) is 0 Å². The Morgan fingerprint density at radius 1 is 1.43 bits per heavy atom. The number of amides is 2. The van der Waals surface area contributed by atoms with E-state index in [0.29, 0.717) is 30.1 Å². The molecule has 112 valence electrons. The first-order valence-corrected chi connectivity index (χ1v) is 7.73. The van der Waals surface area contributed by atoms with Gasteiger partial charge in [-0.3, -0.25) is 14.7 Å². The molecule has 2 amide bonds. The lowest BCUT2D eigenvalue weighted by Gasteiger charge is -2.04. The Kier molecular flexibility index (Phi) is 5.51. The number of hydrogen-bond donors (Lipinski definition) is 3. The highest BCUT2D eigenvalue weighted by Gasteiger charge is 2.07. The van der Waals surface area contributed by atoms with Crippen molar-refractivity contribution >= 4 is 29.0 Å². The first-order valence-electron chi connectivity index (χ1n) is 6.85. The number of nitrogens with zero attached hydrogens (tertiary/aromatic N) is 1. The van der Waals surface area contributed by atoms with Gasteiger partial charge in [-0.05, 0) is 24.3 Å². The van der Waals surface area contributed by atoms with E-state index in [1.807, 2.05) is 24.4 Å². The van der Waals surface area contributed by atoms with Crippen molar-refractivity contribution in [3.8, 4) is 0 Å². The van der Waals surface area contributed by atoms with E-state index in [4.69, 9.17) is 0 Å². The molecule has 0 fully saturated rings. The van der Waals surface area contributed by atoms with Crippen LogP contribution in [0.1, 0.15) is 35.1 Å². The first-order chi connectivity index (χ1) is 10.2. The Morgan fingerprint density at radius 3 is 2.95 bits per heavy atom. The third-order valence-corrected chi connectivity index (χ3v) is 3.76. The average molecular weight is 306 g/mol. The number of anilines is 1. The molecule has 6 nitrogen and oxygen atoms in total. The minimum Gasteiger partial charge on any atom is -0.351 e. The molecule has 0 aromatic carbocycles. The van der Waals surface area contributed by atoms with E-state index in [2.05, 4.69) is 20.8 Å². The predicted octanol–water partition coefficient (Wildman–Crippen LogP) is 2.18. The van der Waals surface area contributed by atoms with E-state index >= 15 is 0 Å². The largest absolute Gasteiger partial charge is 0.351 e. The zero-order valence-corrected chi connectivity index (χ0v) is 12.6. The molecule has 7 heteroatoms. The van der Waals surface area contributed by atoms with Crippen molar-refractivity contribution in [1.82, 2.24) is 15.5 Å². The van der Waals surface area contributed by atoms with Gasteiger partial charge in [0.2, 0.25) is 5.91 Å². The number of aromatic nitrogens is 2. The average Bonchev–Trinajstić information content (AvgIpc) is 3.14. The molecule has 0 atom stereocenters. The highest BCUT2D eigenvalue weighted by molar-refractivity contribution is 7.12. The lowest BCUT2D eigenvalue weighted by atomic mass is 10.3. The number of carbonyl (C=O) groups is 2. The van der Waals surface area contributed by atoms with E-state index in [9.17, 15) is 9.59 Å². The van der Waals surface area contributed by atoms with E-state index in [0.717, 1.165) is 12.1 Å². The van der Waals surface area contributed by atoms with Gasteiger partial charge < -0.3 is 10.6 Å². The van der Waals surface area contributed by atoms with Gasteiger partial charge in [-0.25, -0.2) is 0 Å². The molecule has 0 radical (unpaired) electrons. The zero-order chi connectivity index (χ0) is 15.1. The van der Waals surface area contributed by atoms with Gasteiger partial charge in [0.1, 0.15) is 0 Å². The van der Waals surface area contributed by atoms with E-state index in [-0.39, 0.29) is 11.8 Å². The molecule has 0 unspecified atom stereocenters. The van der Waals surface area contributed by atoms with Crippen LogP contribution in [0.2, 0.25) is 0 Å². The van der Waals surface area contributed by atoms with Crippen LogP contribution in [0.4, 0.5) is 5.82 Å². The van der Waals surface area contributed by atoms with Crippen molar-refractivity contribution < 1.29 is 9.59 Å². The van der Waals surface area contributed by atoms with E-state index < -0.39 is 0 Å². The Balaban J connectivity index is 1.64. The number of carbonyl (C=O) groups excluding carboxylic acids is 2. The number of rotatable bonds is 7. The van der Waals surface area contributed by atoms with Crippen LogP contribution >= 0.6 is 11.3 Å². The minimum absolute atomic E-state index is 0.0923. The van der Waals surface area contributed by atoms with E-state index in [1.165, 1.54) is 11.3 Å². The molecule has 21 heavy (non-hydrogen) atoms. The van der Waals surface area contributed by atoms with Crippen molar-refractivity contribution in [2.24, 2.45) is 0 Å². The third kappa shape index (κ3) is 4.71. The molecule has 0 aliphatic heterocycles. The van der Waals surface area contributed by atoms with Gasteiger partial charge in [0.15, 0.2) is 5.82 Å². The first kappa shape index (κ1) is 15.2. The van der Waals surface area contributed by atoms with Crippen molar-refractivity contribution in [3.05, 3.63) is 34.2 Å². The Bertz CT molecular complexity index is 592. The maximum atomic E-state index is 11.7. The number of aromatic amines is 1. The SMILES string of the molecule is CCc1cc(NC(=O)CCCNC(=O)c2cccs2)n[nH]1. The summed E-state index contributed by atoms with van der Waals surface area (Å²) in [5.41, 5.74) is 0.980. The van der Waals surface area contributed by atoms with Gasteiger partial charge in [-0.1, -0.05) is 13.0 Å². The maximum absolute atomic E-state index is 11.7. The smallest absolute Gasteiger partial charge is 0.261 e. The van der Waals surface area contributed by atoms with Gasteiger partial charge in [-0.15, -0.1) is 11.3 Å². The number of aryl methyl sites for hydroxylation is 1. The summed E-state index contributed by atoms with van der Waals surface area (Å²) in [6, 6.07) is 5.42. The molecule has 0 aliphatic rings. The molecule has 3 N–H and O–H groups in total. The predicted molar refractivity (Wildman–Crippen MR) is 82.5 cm³/mol. The quantitative estimate of drug-likeness (QED) is 0.685. The van der Waals surface area contributed by atoms with Crippen LogP contribution in [0.25, 0.3) is 0 Å². The van der Waals surface area contributed by atoms with Crippen LogP contribution in [0.3, 0.4) is 0 Å². The highest BCUT2D eigenvalue weighted by atomic mass is 32.1. The van der Waals surface area contributed by atoms with Crippen LogP contribution in [0.15, 0.2) is 23.6 Å². The van der Waals surface area contributed by atoms with Gasteiger partial charge in [0.25, 0.3) is 5.91 Å². The van der Waals surface area contributed by atoms with Crippen LogP contribution in [-0.4, -0.2) is 28.6 Å².